The Morgan fingerprint density at radius 3 is 1.96 bits per heavy atom. The smallest absolute Gasteiger partial charge is 0.171 e. The summed E-state index contributed by atoms with van der Waals surface area (Å²) in [6.07, 6.45) is 20.9. The number of ether oxygens (including phenoxy) is 2. The zero-order valence-electron chi connectivity index (χ0n) is 15.4. The van der Waals surface area contributed by atoms with Crippen molar-refractivity contribution in [1.29, 1.82) is 0 Å². The molecule has 0 radical (unpaired) electrons. The first-order chi connectivity index (χ1) is 11.2. The Morgan fingerprint density at radius 2 is 1.39 bits per heavy atom. The summed E-state index contributed by atoms with van der Waals surface area (Å²) in [5.74, 6) is -0.381. The summed E-state index contributed by atoms with van der Waals surface area (Å²) in [4.78, 5) is 0. The van der Waals surface area contributed by atoms with Gasteiger partial charge >= 0.3 is 0 Å². The summed E-state index contributed by atoms with van der Waals surface area (Å²) in [6.45, 7) is 4.27. The van der Waals surface area contributed by atoms with E-state index < -0.39 is 0 Å². The lowest BCUT2D eigenvalue weighted by molar-refractivity contribution is -0.262. The van der Waals surface area contributed by atoms with Crippen LogP contribution in [0.1, 0.15) is 103 Å². The van der Waals surface area contributed by atoms with Gasteiger partial charge in [-0.25, -0.2) is 0 Å². The van der Waals surface area contributed by atoms with Crippen LogP contribution in [0.5, 0.6) is 0 Å². The molecule has 0 spiro atoms. The lowest BCUT2D eigenvalue weighted by Crippen LogP contribution is -2.43. The first kappa shape index (κ1) is 19.0. The van der Waals surface area contributed by atoms with Crippen LogP contribution < -0.4 is 0 Å². The van der Waals surface area contributed by atoms with Crippen molar-refractivity contribution in [3.63, 3.8) is 0 Å². The van der Waals surface area contributed by atoms with Crippen LogP contribution >= 0.6 is 0 Å². The summed E-state index contributed by atoms with van der Waals surface area (Å²) in [5, 5.41) is 0. The SMILES string of the molecule is C=C1CC2CCCCCCCCCCCCCC[C@@](OC)(C1)O2. The van der Waals surface area contributed by atoms with Crippen LogP contribution in [0.25, 0.3) is 0 Å². The highest BCUT2D eigenvalue weighted by atomic mass is 16.7. The second-order valence-corrected chi connectivity index (χ2v) is 7.77. The fourth-order valence-electron chi connectivity index (χ4n) is 4.23. The van der Waals surface area contributed by atoms with Crippen LogP contribution in [-0.2, 0) is 9.47 Å². The van der Waals surface area contributed by atoms with E-state index in [0.717, 1.165) is 19.3 Å². The third kappa shape index (κ3) is 6.97. The maximum Gasteiger partial charge on any atom is 0.171 e. The summed E-state index contributed by atoms with van der Waals surface area (Å²) in [7, 11) is 1.82. The number of hydrogen-bond donors (Lipinski definition) is 0. The predicted octanol–water partition coefficient (Wildman–Crippen LogP) is 6.54. The van der Waals surface area contributed by atoms with E-state index in [1.165, 1.54) is 89.0 Å². The van der Waals surface area contributed by atoms with Crippen LogP contribution in [0.3, 0.4) is 0 Å². The topological polar surface area (TPSA) is 18.5 Å². The minimum absolute atomic E-state index is 0.326. The zero-order valence-corrected chi connectivity index (χ0v) is 15.4. The molecule has 2 atom stereocenters. The molecule has 0 aromatic carbocycles. The van der Waals surface area contributed by atoms with Gasteiger partial charge in [0.15, 0.2) is 5.79 Å². The van der Waals surface area contributed by atoms with E-state index >= 15 is 0 Å². The molecule has 1 unspecified atom stereocenters. The van der Waals surface area contributed by atoms with Crippen LogP contribution in [0, 0.1) is 0 Å². The Kier molecular flexibility index (Phi) is 8.68. The molecule has 0 saturated carbocycles. The van der Waals surface area contributed by atoms with E-state index in [0.29, 0.717) is 6.10 Å². The molecule has 134 valence electrons. The largest absolute Gasteiger partial charge is 0.353 e. The molecule has 2 saturated heterocycles. The van der Waals surface area contributed by atoms with Crippen LogP contribution in [-0.4, -0.2) is 19.0 Å². The predicted molar refractivity (Wildman–Crippen MR) is 97.6 cm³/mol. The highest BCUT2D eigenvalue weighted by Crippen LogP contribution is 2.38. The molecule has 2 aliphatic heterocycles. The van der Waals surface area contributed by atoms with E-state index in [-0.39, 0.29) is 5.79 Å². The third-order valence-electron chi connectivity index (χ3n) is 5.62. The van der Waals surface area contributed by atoms with Crippen molar-refractivity contribution in [3.05, 3.63) is 12.2 Å². The van der Waals surface area contributed by atoms with Gasteiger partial charge in [0.1, 0.15) is 0 Å². The second kappa shape index (κ2) is 10.5. The molecule has 2 rings (SSSR count). The number of methoxy groups -OCH3 is 1. The number of rotatable bonds is 1. The highest BCUT2D eigenvalue weighted by molar-refractivity contribution is 5.05. The number of hydrogen-bond acceptors (Lipinski definition) is 2. The minimum Gasteiger partial charge on any atom is -0.353 e. The summed E-state index contributed by atoms with van der Waals surface area (Å²) >= 11 is 0. The average Bonchev–Trinajstić information content (AvgIpc) is 2.54. The standard InChI is InChI=1S/C21H38O2/c1-19-17-20-15-13-11-9-7-5-3-4-6-8-10-12-14-16-21(18-19,22-2)23-20/h20H,1,3-18H2,2H3/t20?,21-/m0/s1. The van der Waals surface area contributed by atoms with Crippen LogP contribution in [0.4, 0.5) is 0 Å². The maximum atomic E-state index is 6.44. The molecular formula is C21H38O2. The van der Waals surface area contributed by atoms with Gasteiger partial charge in [-0.05, 0) is 19.3 Å². The first-order valence-corrected chi connectivity index (χ1v) is 10.1. The Balaban J connectivity index is 1.88. The van der Waals surface area contributed by atoms with Gasteiger partial charge < -0.3 is 9.47 Å². The highest BCUT2D eigenvalue weighted by Gasteiger charge is 2.38. The van der Waals surface area contributed by atoms with Crippen molar-refractivity contribution in [3.8, 4) is 0 Å². The molecule has 0 aromatic rings. The maximum absolute atomic E-state index is 6.44. The quantitative estimate of drug-likeness (QED) is 0.510. The van der Waals surface area contributed by atoms with Crippen LogP contribution in [0.15, 0.2) is 12.2 Å². The van der Waals surface area contributed by atoms with Gasteiger partial charge in [0.25, 0.3) is 0 Å². The first-order valence-electron chi connectivity index (χ1n) is 10.1. The second-order valence-electron chi connectivity index (χ2n) is 7.77. The van der Waals surface area contributed by atoms with Gasteiger partial charge in [-0.2, -0.15) is 0 Å². The Morgan fingerprint density at radius 1 is 0.870 bits per heavy atom. The molecular weight excluding hydrogens is 284 g/mol. The normalized spacial score (nSPS) is 33.1. The zero-order chi connectivity index (χ0) is 16.4. The van der Waals surface area contributed by atoms with Crippen molar-refractivity contribution < 1.29 is 9.47 Å². The van der Waals surface area contributed by atoms with E-state index in [1.807, 2.05) is 7.11 Å². The Labute approximate surface area is 144 Å². The molecule has 2 heteroatoms. The van der Waals surface area contributed by atoms with Gasteiger partial charge in [0.05, 0.1) is 6.10 Å². The third-order valence-corrected chi connectivity index (χ3v) is 5.62. The van der Waals surface area contributed by atoms with E-state index in [2.05, 4.69) is 6.58 Å². The van der Waals surface area contributed by atoms with E-state index in [4.69, 9.17) is 9.47 Å². The van der Waals surface area contributed by atoms with E-state index in [9.17, 15) is 0 Å². The molecule has 2 bridgehead atoms. The summed E-state index contributed by atoms with van der Waals surface area (Å²) < 4.78 is 12.3. The minimum atomic E-state index is -0.381. The van der Waals surface area contributed by atoms with Crippen molar-refractivity contribution in [2.75, 3.05) is 7.11 Å². The fourth-order valence-corrected chi connectivity index (χ4v) is 4.23. The van der Waals surface area contributed by atoms with Gasteiger partial charge in [-0.3, -0.25) is 0 Å². The van der Waals surface area contributed by atoms with Gasteiger partial charge in [-0.15, -0.1) is 0 Å². The molecule has 2 nitrogen and oxygen atoms in total. The van der Waals surface area contributed by atoms with Gasteiger partial charge in [-0.1, -0.05) is 82.8 Å². The van der Waals surface area contributed by atoms with Gasteiger partial charge in [0, 0.05) is 20.0 Å². The fraction of sp³-hybridized carbons (Fsp3) is 0.905. The summed E-state index contributed by atoms with van der Waals surface area (Å²) in [6, 6.07) is 0. The number of fused-ring (bicyclic) bond motifs is 2. The molecule has 0 aliphatic carbocycles. The Hall–Kier alpha value is -0.340. The van der Waals surface area contributed by atoms with Crippen LogP contribution in [0.2, 0.25) is 0 Å². The lowest BCUT2D eigenvalue weighted by atomic mass is 9.91. The molecule has 0 amide bonds. The molecule has 23 heavy (non-hydrogen) atoms. The van der Waals surface area contributed by atoms with Gasteiger partial charge in [0.2, 0.25) is 0 Å². The van der Waals surface area contributed by atoms with Crippen molar-refractivity contribution in [1.82, 2.24) is 0 Å². The monoisotopic (exact) mass is 322 g/mol. The summed E-state index contributed by atoms with van der Waals surface area (Å²) in [5.41, 5.74) is 1.32. The molecule has 2 fully saturated rings. The molecule has 0 aromatic heterocycles. The Bertz CT molecular complexity index is 339. The van der Waals surface area contributed by atoms with E-state index in [1.54, 1.807) is 0 Å². The average molecular weight is 323 g/mol. The van der Waals surface area contributed by atoms with Crippen molar-refractivity contribution in [2.24, 2.45) is 0 Å². The lowest BCUT2D eigenvalue weighted by Gasteiger charge is -2.41. The molecule has 2 heterocycles. The molecule has 2 aliphatic rings. The van der Waals surface area contributed by atoms with Crippen molar-refractivity contribution in [2.45, 2.75) is 115 Å². The van der Waals surface area contributed by atoms with Crippen molar-refractivity contribution >= 4 is 0 Å². The molecule has 0 N–H and O–H groups in total.